The Morgan fingerprint density at radius 1 is 1.16 bits per heavy atom. The number of rotatable bonds is 3. The van der Waals surface area contributed by atoms with Gasteiger partial charge < -0.3 is 5.32 Å². The zero-order chi connectivity index (χ0) is 14.0. The highest BCUT2D eigenvalue weighted by molar-refractivity contribution is 5.46. The normalized spacial score (nSPS) is 23.7. The van der Waals surface area contributed by atoms with Gasteiger partial charge in [0.25, 0.3) is 0 Å². The highest BCUT2D eigenvalue weighted by atomic mass is 19.2. The Bertz CT molecular complexity index is 445. The van der Waals surface area contributed by atoms with Crippen LogP contribution in [0.25, 0.3) is 0 Å². The maximum Gasteiger partial charge on any atom is 0.182 e. The molecule has 2 rings (SSSR count). The molecule has 4 heteroatoms. The summed E-state index contributed by atoms with van der Waals surface area (Å²) in [4.78, 5) is 0. The molecule has 0 bridgehead atoms. The molecule has 1 aromatic carbocycles. The standard InChI is InChI=1S/C15H20F3N/c1-9(2)10-4-3-5-12(6-10)19-14-8-11(16)7-13(17)15(14)18/h7-10,12,19H,3-6H2,1-2H3. The average Bonchev–Trinajstić information content (AvgIpc) is 2.35. The summed E-state index contributed by atoms with van der Waals surface area (Å²) in [5.74, 6) is -1.71. The molecule has 1 aliphatic carbocycles. The highest BCUT2D eigenvalue weighted by Gasteiger charge is 2.25. The zero-order valence-corrected chi connectivity index (χ0v) is 11.3. The van der Waals surface area contributed by atoms with Gasteiger partial charge >= 0.3 is 0 Å². The van der Waals surface area contributed by atoms with Crippen molar-refractivity contribution in [2.45, 2.75) is 45.6 Å². The van der Waals surface area contributed by atoms with Crippen molar-refractivity contribution in [2.24, 2.45) is 11.8 Å². The second-order valence-corrected chi connectivity index (χ2v) is 5.76. The van der Waals surface area contributed by atoms with Crippen LogP contribution in [-0.4, -0.2) is 6.04 Å². The predicted octanol–water partition coefficient (Wildman–Crippen LogP) is 4.73. The molecule has 0 aromatic heterocycles. The summed E-state index contributed by atoms with van der Waals surface area (Å²) in [7, 11) is 0. The van der Waals surface area contributed by atoms with Crippen LogP contribution < -0.4 is 5.32 Å². The molecular weight excluding hydrogens is 251 g/mol. The molecule has 1 nitrogen and oxygen atoms in total. The van der Waals surface area contributed by atoms with Crippen molar-refractivity contribution in [3.8, 4) is 0 Å². The van der Waals surface area contributed by atoms with E-state index in [0.29, 0.717) is 17.9 Å². The molecule has 0 aliphatic heterocycles. The molecule has 2 unspecified atom stereocenters. The van der Waals surface area contributed by atoms with Gasteiger partial charge in [0.05, 0.1) is 5.69 Å². The molecule has 2 atom stereocenters. The second kappa shape index (κ2) is 5.85. The largest absolute Gasteiger partial charge is 0.380 e. The molecule has 0 saturated heterocycles. The van der Waals surface area contributed by atoms with Gasteiger partial charge in [-0.1, -0.05) is 26.7 Å². The van der Waals surface area contributed by atoms with E-state index in [9.17, 15) is 13.2 Å². The van der Waals surface area contributed by atoms with Crippen molar-refractivity contribution in [3.63, 3.8) is 0 Å². The Morgan fingerprint density at radius 3 is 2.58 bits per heavy atom. The monoisotopic (exact) mass is 271 g/mol. The van der Waals surface area contributed by atoms with Gasteiger partial charge in [0.2, 0.25) is 0 Å². The first kappa shape index (κ1) is 14.2. The van der Waals surface area contributed by atoms with Gasteiger partial charge in [-0.25, -0.2) is 13.2 Å². The maximum atomic E-state index is 13.6. The van der Waals surface area contributed by atoms with Gasteiger partial charge in [-0.15, -0.1) is 0 Å². The summed E-state index contributed by atoms with van der Waals surface area (Å²) in [5, 5.41) is 2.96. The Labute approximate surface area is 112 Å². The van der Waals surface area contributed by atoms with Crippen LogP contribution in [0.4, 0.5) is 18.9 Å². The van der Waals surface area contributed by atoms with Gasteiger partial charge in [-0.05, 0) is 24.7 Å². The number of hydrogen-bond acceptors (Lipinski definition) is 1. The third kappa shape index (κ3) is 3.43. The summed E-state index contributed by atoms with van der Waals surface area (Å²) in [6.45, 7) is 4.35. The van der Waals surface area contributed by atoms with E-state index >= 15 is 0 Å². The molecule has 1 saturated carbocycles. The van der Waals surface area contributed by atoms with Gasteiger partial charge in [-0.3, -0.25) is 0 Å². The number of anilines is 1. The molecule has 0 amide bonds. The Balaban J connectivity index is 2.09. The smallest absolute Gasteiger partial charge is 0.182 e. The molecule has 0 radical (unpaired) electrons. The first-order chi connectivity index (χ1) is 8.97. The fraction of sp³-hybridized carbons (Fsp3) is 0.600. The SMILES string of the molecule is CC(C)C1CCCC(Nc2cc(F)cc(F)c2F)C1. The van der Waals surface area contributed by atoms with Crippen LogP contribution in [0.2, 0.25) is 0 Å². The Kier molecular flexibility index (Phi) is 4.38. The van der Waals surface area contributed by atoms with E-state index in [1.165, 1.54) is 6.42 Å². The van der Waals surface area contributed by atoms with Gasteiger partial charge in [0.15, 0.2) is 11.6 Å². The number of benzene rings is 1. The van der Waals surface area contributed by atoms with Crippen LogP contribution in [0.3, 0.4) is 0 Å². The number of halogens is 3. The molecule has 1 aliphatic rings. The van der Waals surface area contributed by atoms with E-state index in [1.54, 1.807) is 0 Å². The lowest BCUT2D eigenvalue weighted by molar-refractivity contribution is 0.263. The molecule has 19 heavy (non-hydrogen) atoms. The third-order valence-corrected chi connectivity index (χ3v) is 4.01. The maximum absolute atomic E-state index is 13.6. The van der Waals surface area contributed by atoms with Crippen molar-refractivity contribution in [2.75, 3.05) is 5.32 Å². The zero-order valence-electron chi connectivity index (χ0n) is 11.3. The molecule has 0 spiro atoms. The van der Waals surface area contributed by atoms with Crippen molar-refractivity contribution in [1.82, 2.24) is 0 Å². The summed E-state index contributed by atoms with van der Waals surface area (Å²) < 4.78 is 39.9. The molecule has 1 aromatic rings. The Hall–Kier alpha value is -1.19. The fourth-order valence-corrected chi connectivity index (χ4v) is 2.85. The van der Waals surface area contributed by atoms with Gasteiger partial charge in [0.1, 0.15) is 5.82 Å². The van der Waals surface area contributed by atoms with Crippen molar-refractivity contribution in [1.29, 1.82) is 0 Å². The van der Waals surface area contributed by atoms with Crippen LogP contribution in [0, 0.1) is 29.3 Å². The van der Waals surface area contributed by atoms with Crippen molar-refractivity contribution >= 4 is 5.69 Å². The number of nitrogens with one attached hydrogen (secondary N) is 1. The van der Waals surface area contributed by atoms with Crippen LogP contribution in [0.1, 0.15) is 39.5 Å². The Morgan fingerprint density at radius 2 is 1.89 bits per heavy atom. The van der Waals surface area contributed by atoms with E-state index in [1.807, 2.05) is 0 Å². The van der Waals surface area contributed by atoms with Crippen LogP contribution in [0.5, 0.6) is 0 Å². The third-order valence-electron chi connectivity index (χ3n) is 4.01. The van der Waals surface area contributed by atoms with E-state index < -0.39 is 17.5 Å². The van der Waals surface area contributed by atoms with Gasteiger partial charge in [-0.2, -0.15) is 0 Å². The quantitative estimate of drug-likeness (QED) is 0.784. The topological polar surface area (TPSA) is 12.0 Å². The predicted molar refractivity (Wildman–Crippen MR) is 70.5 cm³/mol. The van der Waals surface area contributed by atoms with Crippen molar-refractivity contribution in [3.05, 3.63) is 29.6 Å². The fourth-order valence-electron chi connectivity index (χ4n) is 2.85. The van der Waals surface area contributed by atoms with E-state index in [-0.39, 0.29) is 11.7 Å². The average molecular weight is 271 g/mol. The van der Waals surface area contributed by atoms with Crippen molar-refractivity contribution < 1.29 is 13.2 Å². The van der Waals surface area contributed by atoms with E-state index in [0.717, 1.165) is 25.3 Å². The highest BCUT2D eigenvalue weighted by Crippen LogP contribution is 2.32. The van der Waals surface area contributed by atoms with Crippen LogP contribution >= 0.6 is 0 Å². The van der Waals surface area contributed by atoms with E-state index in [2.05, 4.69) is 19.2 Å². The summed E-state index contributed by atoms with van der Waals surface area (Å²) in [5.41, 5.74) is -0.0630. The van der Waals surface area contributed by atoms with Gasteiger partial charge in [0, 0.05) is 18.2 Å². The van der Waals surface area contributed by atoms with E-state index in [4.69, 9.17) is 0 Å². The molecule has 1 N–H and O–H groups in total. The minimum absolute atomic E-state index is 0.0630. The summed E-state index contributed by atoms with van der Waals surface area (Å²) in [6, 6.07) is 1.69. The number of hydrogen-bond donors (Lipinski definition) is 1. The lowest BCUT2D eigenvalue weighted by Gasteiger charge is -2.32. The second-order valence-electron chi connectivity index (χ2n) is 5.76. The lowest BCUT2D eigenvalue weighted by Crippen LogP contribution is -2.29. The first-order valence-electron chi connectivity index (χ1n) is 6.88. The lowest BCUT2D eigenvalue weighted by atomic mass is 9.79. The minimum Gasteiger partial charge on any atom is -0.380 e. The first-order valence-corrected chi connectivity index (χ1v) is 6.88. The summed E-state index contributed by atoms with van der Waals surface area (Å²) >= 11 is 0. The molecule has 106 valence electrons. The van der Waals surface area contributed by atoms with Crippen LogP contribution in [0.15, 0.2) is 12.1 Å². The molecule has 0 heterocycles. The molecular formula is C15H20F3N. The minimum atomic E-state index is -1.14. The summed E-state index contributed by atoms with van der Waals surface area (Å²) in [6.07, 6.45) is 4.09. The van der Waals surface area contributed by atoms with Crippen LogP contribution in [-0.2, 0) is 0 Å². The molecule has 1 fully saturated rings.